The van der Waals surface area contributed by atoms with Gasteiger partial charge >= 0.3 is 5.97 Å². The zero-order chi connectivity index (χ0) is 25.6. The quantitative estimate of drug-likeness (QED) is 0.311. The van der Waals surface area contributed by atoms with Crippen molar-refractivity contribution in [2.75, 3.05) is 5.75 Å². The molecular formula is C29H34O5S. The van der Waals surface area contributed by atoms with Gasteiger partial charge in [0, 0.05) is 22.9 Å². The minimum absolute atomic E-state index is 0.00834. The number of carbonyl (C=O) groups is 1. The Hall–Kier alpha value is -3.12. The van der Waals surface area contributed by atoms with Crippen molar-refractivity contribution < 1.29 is 23.1 Å². The summed E-state index contributed by atoms with van der Waals surface area (Å²) in [4.78, 5) is 12.0. The van der Waals surface area contributed by atoms with Crippen LogP contribution < -0.4 is 15.2 Å². The molecule has 6 heteroatoms. The molecule has 0 atom stereocenters. The number of hydrogen-bond acceptors (Lipinski definition) is 5. The third-order valence-electron chi connectivity index (χ3n) is 6.18. The molecule has 1 aliphatic rings. The molecule has 0 fully saturated rings. The Labute approximate surface area is 208 Å². The van der Waals surface area contributed by atoms with Crippen molar-refractivity contribution in [3.63, 3.8) is 0 Å². The van der Waals surface area contributed by atoms with Crippen LogP contribution in [0.3, 0.4) is 0 Å². The van der Waals surface area contributed by atoms with E-state index in [1.807, 2.05) is 39.0 Å². The van der Waals surface area contributed by atoms with Crippen LogP contribution in [0.5, 0.6) is 11.5 Å². The van der Waals surface area contributed by atoms with Gasteiger partial charge in [0.05, 0.1) is 10.6 Å². The summed E-state index contributed by atoms with van der Waals surface area (Å²) in [6.07, 6.45) is 11.8. The normalized spacial score (nSPS) is 14.1. The highest BCUT2D eigenvalue weighted by Gasteiger charge is 2.17. The van der Waals surface area contributed by atoms with Gasteiger partial charge in [-0.2, -0.15) is 0 Å². The maximum absolute atomic E-state index is 12.5. The zero-order valence-electron chi connectivity index (χ0n) is 20.9. The van der Waals surface area contributed by atoms with Crippen LogP contribution >= 0.6 is 0 Å². The molecule has 2 aromatic rings. The van der Waals surface area contributed by atoms with E-state index in [0.717, 1.165) is 58.4 Å². The van der Waals surface area contributed by atoms with E-state index in [2.05, 4.69) is 6.08 Å². The molecule has 5 nitrogen and oxygen atoms in total. The number of fused-ring (bicyclic) bond motifs is 1. The zero-order valence-corrected chi connectivity index (χ0v) is 21.7. The molecule has 0 spiro atoms. The number of ether oxygens (including phenoxy) is 1. The summed E-state index contributed by atoms with van der Waals surface area (Å²) >= 11 is 0. The Balaban J connectivity index is 1.71. The van der Waals surface area contributed by atoms with Gasteiger partial charge < -0.3 is 9.84 Å². The van der Waals surface area contributed by atoms with E-state index < -0.39 is 9.84 Å². The van der Waals surface area contributed by atoms with Gasteiger partial charge in [0.1, 0.15) is 11.5 Å². The second kappa shape index (κ2) is 11.5. The molecule has 0 saturated carbocycles. The summed E-state index contributed by atoms with van der Waals surface area (Å²) in [5.74, 6) is 0.402. The standard InChI is InChI=1S/C29H34O5S/c1-20(11-10-12-21(2)19-35(32,33)24-13-6-5-7-14-24)17-18-25-22(3)29(34-23(4)30)27-16-9-8-15-26(27)28(25)31/h5-7,12-17,31H,8-11,18-19H2,1-4H3/b20-17+,21-12+. The summed E-state index contributed by atoms with van der Waals surface area (Å²) in [6, 6.07) is 8.50. The number of hydrogen-bond donors (Lipinski definition) is 1. The molecule has 0 aromatic heterocycles. The summed E-state index contributed by atoms with van der Waals surface area (Å²) in [7, 11) is -3.34. The van der Waals surface area contributed by atoms with E-state index in [0.29, 0.717) is 17.1 Å². The monoisotopic (exact) mass is 494 g/mol. The van der Waals surface area contributed by atoms with E-state index in [4.69, 9.17) is 4.74 Å². The Morgan fingerprint density at radius 2 is 1.66 bits per heavy atom. The van der Waals surface area contributed by atoms with Crippen LogP contribution in [0.2, 0.25) is 0 Å². The topological polar surface area (TPSA) is 80.7 Å². The number of carbonyl (C=O) groups excluding carboxylic acids is 1. The molecule has 3 rings (SSSR count). The highest BCUT2D eigenvalue weighted by atomic mass is 32.2. The number of phenols is 1. The first-order valence-corrected chi connectivity index (χ1v) is 13.6. The number of esters is 1. The van der Waals surface area contributed by atoms with Gasteiger partial charge in [-0.05, 0) is 70.6 Å². The van der Waals surface area contributed by atoms with Crippen LogP contribution in [0, 0.1) is 6.92 Å². The van der Waals surface area contributed by atoms with Crippen LogP contribution in [-0.2, 0) is 21.1 Å². The summed E-state index contributed by atoms with van der Waals surface area (Å²) in [5.41, 5.74) is 3.49. The van der Waals surface area contributed by atoms with Crippen LogP contribution in [-0.4, -0.2) is 25.2 Å². The highest BCUT2D eigenvalue weighted by Crippen LogP contribution is 2.26. The molecule has 0 aliphatic heterocycles. The van der Waals surface area contributed by atoms with Gasteiger partial charge in [0.25, 0.3) is 0 Å². The van der Waals surface area contributed by atoms with E-state index in [1.165, 1.54) is 6.92 Å². The number of sulfone groups is 1. The molecule has 0 saturated heterocycles. The third kappa shape index (κ3) is 6.73. The fourth-order valence-electron chi connectivity index (χ4n) is 4.31. The highest BCUT2D eigenvalue weighted by molar-refractivity contribution is 7.91. The van der Waals surface area contributed by atoms with Crippen LogP contribution in [0.25, 0.3) is 12.2 Å². The SMILES string of the molecule is CC(=O)Oc1c(C)c(C/C=C(\C)CC/C=C(\C)CS(=O)(=O)c2ccccc2)c(O)c2c1=CCCC=2. The minimum Gasteiger partial charge on any atom is -0.507 e. The molecule has 186 valence electrons. The van der Waals surface area contributed by atoms with Crippen LogP contribution in [0.1, 0.15) is 57.6 Å². The maximum atomic E-state index is 12.5. The fourth-order valence-corrected chi connectivity index (χ4v) is 5.77. The molecule has 0 heterocycles. The second-order valence-corrected chi connectivity index (χ2v) is 11.1. The molecule has 2 aromatic carbocycles. The van der Waals surface area contributed by atoms with Gasteiger partial charge in [-0.25, -0.2) is 8.42 Å². The summed E-state index contributed by atoms with van der Waals surface area (Å²) in [5, 5.41) is 12.5. The van der Waals surface area contributed by atoms with Crippen molar-refractivity contribution in [2.24, 2.45) is 0 Å². The van der Waals surface area contributed by atoms with E-state index >= 15 is 0 Å². The summed E-state index contributed by atoms with van der Waals surface area (Å²) < 4.78 is 30.6. The van der Waals surface area contributed by atoms with Gasteiger partial charge in [-0.15, -0.1) is 0 Å². The lowest BCUT2D eigenvalue weighted by Crippen LogP contribution is -2.32. The first-order valence-electron chi connectivity index (χ1n) is 11.9. The summed E-state index contributed by atoms with van der Waals surface area (Å²) in [6.45, 7) is 7.13. The Morgan fingerprint density at radius 3 is 2.31 bits per heavy atom. The Kier molecular flexibility index (Phi) is 8.73. The fraction of sp³-hybridized carbons (Fsp3) is 0.345. The number of benzene rings is 2. The molecule has 0 amide bonds. The number of phenolic OH excluding ortho intramolecular Hbond substituents is 1. The van der Waals surface area contributed by atoms with Crippen LogP contribution in [0.15, 0.2) is 58.5 Å². The molecule has 1 N–H and O–H groups in total. The van der Waals surface area contributed by atoms with Gasteiger partial charge in [-0.1, -0.05) is 53.6 Å². The Bertz CT molecular complexity index is 1380. The lowest BCUT2D eigenvalue weighted by atomic mass is 9.95. The molecule has 0 radical (unpaired) electrons. The van der Waals surface area contributed by atoms with Crippen molar-refractivity contribution in [3.05, 3.63) is 75.2 Å². The first kappa shape index (κ1) is 26.5. The minimum atomic E-state index is -3.34. The van der Waals surface area contributed by atoms with Crippen molar-refractivity contribution in [1.82, 2.24) is 0 Å². The van der Waals surface area contributed by atoms with Crippen molar-refractivity contribution >= 4 is 28.0 Å². The third-order valence-corrected chi connectivity index (χ3v) is 8.01. The average Bonchev–Trinajstić information content (AvgIpc) is 2.82. The Morgan fingerprint density at radius 1 is 1.00 bits per heavy atom. The first-order chi connectivity index (χ1) is 16.6. The maximum Gasteiger partial charge on any atom is 0.308 e. The van der Waals surface area contributed by atoms with Crippen molar-refractivity contribution in [2.45, 2.75) is 64.7 Å². The predicted octanol–water partition coefficient (Wildman–Crippen LogP) is 4.67. The number of aromatic hydroxyl groups is 1. The average molecular weight is 495 g/mol. The van der Waals surface area contributed by atoms with Gasteiger partial charge in [0.2, 0.25) is 0 Å². The lowest BCUT2D eigenvalue weighted by Gasteiger charge is -2.16. The largest absolute Gasteiger partial charge is 0.507 e. The predicted molar refractivity (Wildman–Crippen MR) is 141 cm³/mol. The van der Waals surface area contributed by atoms with E-state index in [-0.39, 0.29) is 17.5 Å². The molecular weight excluding hydrogens is 460 g/mol. The van der Waals surface area contributed by atoms with Gasteiger partial charge in [0.15, 0.2) is 9.84 Å². The van der Waals surface area contributed by atoms with Crippen LogP contribution in [0.4, 0.5) is 0 Å². The molecule has 1 aliphatic carbocycles. The van der Waals surface area contributed by atoms with Gasteiger partial charge in [-0.3, -0.25) is 4.79 Å². The smallest absolute Gasteiger partial charge is 0.308 e. The van der Waals surface area contributed by atoms with E-state index in [1.54, 1.807) is 30.3 Å². The van der Waals surface area contributed by atoms with E-state index in [9.17, 15) is 18.3 Å². The molecule has 0 unspecified atom stereocenters. The van der Waals surface area contributed by atoms with Crippen molar-refractivity contribution in [1.29, 1.82) is 0 Å². The van der Waals surface area contributed by atoms with Crippen molar-refractivity contribution in [3.8, 4) is 11.5 Å². The molecule has 35 heavy (non-hydrogen) atoms. The molecule has 0 bridgehead atoms. The number of allylic oxidation sites excluding steroid dienone is 3. The second-order valence-electron chi connectivity index (χ2n) is 9.10. The number of rotatable bonds is 9. The lowest BCUT2D eigenvalue weighted by molar-refractivity contribution is -0.132.